The van der Waals surface area contributed by atoms with Crippen LogP contribution in [0.15, 0.2) is 24.3 Å². The monoisotopic (exact) mass is 253 g/mol. The molecular weight excluding hydrogens is 230 g/mol. The highest BCUT2D eigenvalue weighted by molar-refractivity contribution is 6.30. The van der Waals surface area contributed by atoms with Gasteiger partial charge in [-0.3, -0.25) is 0 Å². The molecule has 17 heavy (non-hydrogen) atoms. The van der Waals surface area contributed by atoms with E-state index in [2.05, 4.69) is 45.1 Å². The van der Waals surface area contributed by atoms with Crippen LogP contribution in [0.25, 0.3) is 0 Å². The van der Waals surface area contributed by atoms with Gasteiger partial charge in [-0.15, -0.1) is 0 Å². The van der Waals surface area contributed by atoms with Gasteiger partial charge in [-0.05, 0) is 42.0 Å². The van der Waals surface area contributed by atoms with Crippen LogP contribution >= 0.6 is 11.6 Å². The molecule has 0 aliphatic carbocycles. The molecule has 0 amide bonds. The zero-order chi connectivity index (χ0) is 12.9. The first-order valence-electron chi connectivity index (χ1n) is 6.34. The average Bonchev–Trinajstić information content (AvgIpc) is 2.20. The van der Waals surface area contributed by atoms with Gasteiger partial charge in [0.2, 0.25) is 0 Å². The Kier molecular flexibility index (Phi) is 5.48. The van der Waals surface area contributed by atoms with Crippen molar-refractivity contribution < 1.29 is 0 Å². The first-order chi connectivity index (χ1) is 7.89. The van der Waals surface area contributed by atoms with Crippen molar-refractivity contribution in [3.63, 3.8) is 0 Å². The lowest BCUT2D eigenvalue weighted by Crippen LogP contribution is -2.33. The molecule has 0 heterocycles. The van der Waals surface area contributed by atoms with Crippen LogP contribution in [0.3, 0.4) is 0 Å². The highest BCUT2D eigenvalue weighted by Crippen LogP contribution is 2.22. The van der Waals surface area contributed by atoms with Gasteiger partial charge in [0.1, 0.15) is 0 Å². The van der Waals surface area contributed by atoms with Gasteiger partial charge in [0.05, 0.1) is 0 Å². The lowest BCUT2D eigenvalue weighted by atomic mass is 9.85. The van der Waals surface area contributed by atoms with Crippen LogP contribution in [0.5, 0.6) is 0 Å². The van der Waals surface area contributed by atoms with E-state index in [0.717, 1.165) is 24.5 Å². The van der Waals surface area contributed by atoms with Crippen LogP contribution in [0, 0.1) is 11.3 Å². The van der Waals surface area contributed by atoms with E-state index in [9.17, 15) is 0 Å². The smallest absolute Gasteiger partial charge is 0.0406 e. The minimum Gasteiger partial charge on any atom is -0.316 e. The quantitative estimate of drug-likeness (QED) is 0.803. The third-order valence-electron chi connectivity index (χ3n) is 2.75. The van der Waals surface area contributed by atoms with E-state index >= 15 is 0 Å². The Hall–Kier alpha value is -0.530. The van der Waals surface area contributed by atoms with Gasteiger partial charge in [0, 0.05) is 11.6 Å². The van der Waals surface area contributed by atoms with Crippen LogP contribution in [-0.4, -0.2) is 13.1 Å². The molecular formula is C15H24ClN. The SMILES string of the molecule is CC(C)CNCC(C)(C)Cc1ccc(Cl)cc1. The fourth-order valence-electron chi connectivity index (χ4n) is 1.92. The molecule has 0 fully saturated rings. The van der Waals surface area contributed by atoms with E-state index in [4.69, 9.17) is 11.6 Å². The Morgan fingerprint density at radius 3 is 2.29 bits per heavy atom. The molecule has 0 bridgehead atoms. The largest absolute Gasteiger partial charge is 0.316 e. The summed E-state index contributed by atoms with van der Waals surface area (Å²) in [5.41, 5.74) is 1.63. The maximum atomic E-state index is 5.89. The van der Waals surface area contributed by atoms with Gasteiger partial charge in [-0.2, -0.15) is 0 Å². The van der Waals surface area contributed by atoms with Crippen LogP contribution in [0.4, 0.5) is 0 Å². The number of hydrogen-bond acceptors (Lipinski definition) is 1. The van der Waals surface area contributed by atoms with E-state index in [-0.39, 0.29) is 5.41 Å². The summed E-state index contributed by atoms with van der Waals surface area (Å²) in [4.78, 5) is 0. The predicted molar refractivity (Wildman–Crippen MR) is 76.6 cm³/mol. The second-order valence-electron chi connectivity index (χ2n) is 5.99. The molecule has 1 aromatic carbocycles. The maximum absolute atomic E-state index is 5.89. The van der Waals surface area contributed by atoms with Crippen molar-refractivity contribution in [1.82, 2.24) is 5.32 Å². The summed E-state index contributed by atoms with van der Waals surface area (Å²) in [6.07, 6.45) is 1.08. The number of benzene rings is 1. The van der Waals surface area contributed by atoms with Crippen LogP contribution < -0.4 is 5.32 Å². The molecule has 0 radical (unpaired) electrons. The molecule has 0 aromatic heterocycles. The summed E-state index contributed by atoms with van der Waals surface area (Å²) in [5.74, 6) is 0.710. The number of rotatable bonds is 6. The molecule has 1 aromatic rings. The first kappa shape index (κ1) is 14.5. The summed E-state index contributed by atoms with van der Waals surface area (Å²) in [6.45, 7) is 11.2. The van der Waals surface area contributed by atoms with Gasteiger partial charge in [-0.25, -0.2) is 0 Å². The van der Waals surface area contributed by atoms with Gasteiger partial charge in [0.15, 0.2) is 0 Å². The van der Waals surface area contributed by atoms with Crippen molar-refractivity contribution in [2.75, 3.05) is 13.1 Å². The van der Waals surface area contributed by atoms with Gasteiger partial charge < -0.3 is 5.32 Å². The molecule has 1 N–H and O–H groups in total. The molecule has 2 heteroatoms. The lowest BCUT2D eigenvalue weighted by Gasteiger charge is -2.26. The minimum absolute atomic E-state index is 0.280. The Morgan fingerprint density at radius 2 is 1.76 bits per heavy atom. The summed E-state index contributed by atoms with van der Waals surface area (Å²) in [6, 6.07) is 8.17. The van der Waals surface area contributed by atoms with E-state index in [1.54, 1.807) is 0 Å². The Morgan fingerprint density at radius 1 is 1.18 bits per heavy atom. The van der Waals surface area contributed by atoms with E-state index in [0.29, 0.717) is 5.92 Å². The van der Waals surface area contributed by atoms with Crippen molar-refractivity contribution >= 4 is 11.6 Å². The average molecular weight is 254 g/mol. The molecule has 1 nitrogen and oxygen atoms in total. The highest BCUT2D eigenvalue weighted by atomic mass is 35.5. The van der Waals surface area contributed by atoms with Gasteiger partial charge >= 0.3 is 0 Å². The Balaban J connectivity index is 2.45. The third kappa shape index (κ3) is 6.09. The molecule has 0 unspecified atom stereocenters. The van der Waals surface area contributed by atoms with Crippen molar-refractivity contribution in [2.45, 2.75) is 34.1 Å². The Labute approximate surface area is 111 Å². The van der Waals surface area contributed by atoms with Crippen molar-refractivity contribution in [1.29, 1.82) is 0 Å². The normalized spacial score (nSPS) is 12.1. The lowest BCUT2D eigenvalue weighted by molar-refractivity contribution is 0.330. The van der Waals surface area contributed by atoms with Crippen molar-refractivity contribution in [3.8, 4) is 0 Å². The van der Waals surface area contributed by atoms with Crippen LogP contribution in [-0.2, 0) is 6.42 Å². The number of hydrogen-bond donors (Lipinski definition) is 1. The predicted octanol–water partition coefficient (Wildman–Crippen LogP) is 4.15. The topological polar surface area (TPSA) is 12.0 Å². The molecule has 0 aliphatic heterocycles. The molecule has 1 rings (SSSR count). The zero-order valence-corrected chi connectivity index (χ0v) is 12.1. The molecule has 0 saturated carbocycles. The minimum atomic E-state index is 0.280. The third-order valence-corrected chi connectivity index (χ3v) is 3.00. The van der Waals surface area contributed by atoms with Crippen molar-refractivity contribution in [3.05, 3.63) is 34.9 Å². The Bertz CT molecular complexity index is 327. The fourth-order valence-corrected chi connectivity index (χ4v) is 2.04. The summed E-state index contributed by atoms with van der Waals surface area (Å²) >= 11 is 5.89. The van der Waals surface area contributed by atoms with Crippen molar-refractivity contribution in [2.24, 2.45) is 11.3 Å². The zero-order valence-electron chi connectivity index (χ0n) is 11.4. The molecule has 0 spiro atoms. The molecule has 0 saturated heterocycles. The first-order valence-corrected chi connectivity index (χ1v) is 6.72. The molecule has 96 valence electrons. The van der Waals surface area contributed by atoms with Crippen LogP contribution in [0.1, 0.15) is 33.3 Å². The van der Waals surface area contributed by atoms with Crippen LogP contribution in [0.2, 0.25) is 5.02 Å². The van der Waals surface area contributed by atoms with E-state index in [1.165, 1.54) is 5.56 Å². The van der Waals surface area contributed by atoms with E-state index in [1.807, 2.05) is 12.1 Å². The van der Waals surface area contributed by atoms with Gasteiger partial charge in [0.25, 0.3) is 0 Å². The standard InChI is InChI=1S/C15H24ClN/c1-12(2)10-17-11-15(3,4)9-13-5-7-14(16)8-6-13/h5-8,12,17H,9-11H2,1-4H3. The maximum Gasteiger partial charge on any atom is 0.0406 e. The fraction of sp³-hybridized carbons (Fsp3) is 0.600. The van der Waals surface area contributed by atoms with Gasteiger partial charge in [-0.1, -0.05) is 51.4 Å². The summed E-state index contributed by atoms with van der Waals surface area (Å²) < 4.78 is 0. The number of halogens is 1. The second kappa shape index (κ2) is 6.42. The summed E-state index contributed by atoms with van der Waals surface area (Å²) in [5, 5.41) is 4.34. The highest BCUT2D eigenvalue weighted by Gasteiger charge is 2.18. The number of nitrogens with one attached hydrogen (secondary N) is 1. The summed E-state index contributed by atoms with van der Waals surface area (Å²) in [7, 11) is 0. The molecule has 0 atom stereocenters. The molecule has 0 aliphatic rings. The second-order valence-corrected chi connectivity index (χ2v) is 6.43. The van der Waals surface area contributed by atoms with E-state index < -0.39 is 0 Å².